The minimum atomic E-state index is 0.690. The van der Waals surface area contributed by atoms with Crippen LogP contribution in [0.2, 0.25) is 0 Å². The number of carbonyl (C=O) groups is 1. The van der Waals surface area contributed by atoms with Crippen molar-refractivity contribution in [3.05, 3.63) is 15.8 Å². The van der Waals surface area contributed by atoms with Gasteiger partial charge in [0.25, 0.3) is 0 Å². The zero-order valence-electron chi connectivity index (χ0n) is 7.94. The molecule has 1 rings (SSSR count). The molecule has 0 bridgehead atoms. The zero-order chi connectivity index (χ0) is 9.84. The van der Waals surface area contributed by atoms with Crippen molar-refractivity contribution in [1.82, 2.24) is 4.90 Å². The molecule has 0 saturated carbocycles. The lowest BCUT2D eigenvalue weighted by Gasteiger charge is -2.02. The Balaban J connectivity index is 2.98. The predicted octanol–water partition coefficient (Wildman–Crippen LogP) is 2.09. The second-order valence-corrected chi connectivity index (χ2v) is 3.87. The number of aryl methyl sites for hydroxylation is 1. The van der Waals surface area contributed by atoms with E-state index in [1.807, 2.05) is 31.3 Å². The van der Waals surface area contributed by atoms with E-state index in [-0.39, 0.29) is 0 Å². The van der Waals surface area contributed by atoms with Gasteiger partial charge in [0.1, 0.15) is 0 Å². The molecular formula is C9H12N2OS. The summed E-state index contributed by atoms with van der Waals surface area (Å²) in [6.45, 7) is 1.95. The third-order valence-electron chi connectivity index (χ3n) is 1.49. The maximum Gasteiger partial charge on any atom is 0.162 e. The van der Waals surface area contributed by atoms with Crippen LogP contribution in [0.25, 0.3) is 0 Å². The van der Waals surface area contributed by atoms with Crippen molar-refractivity contribution in [2.75, 3.05) is 14.1 Å². The molecule has 3 nitrogen and oxygen atoms in total. The normalized spacial score (nSPS) is 10.7. The van der Waals surface area contributed by atoms with Crippen LogP contribution < -0.4 is 0 Å². The van der Waals surface area contributed by atoms with Crippen molar-refractivity contribution in [1.29, 1.82) is 0 Å². The van der Waals surface area contributed by atoms with Crippen LogP contribution >= 0.6 is 11.3 Å². The summed E-state index contributed by atoms with van der Waals surface area (Å²) < 4.78 is 0. The fourth-order valence-electron chi connectivity index (χ4n) is 0.880. The summed E-state index contributed by atoms with van der Waals surface area (Å²) in [4.78, 5) is 17.4. The van der Waals surface area contributed by atoms with Crippen molar-refractivity contribution < 1.29 is 4.79 Å². The van der Waals surface area contributed by atoms with E-state index in [2.05, 4.69) is 4.99 Å². The number of nitrogens with zero attached hydrogens (tertiary/aromatic N) is 2. The van der Waals surface area contributed by atoms with Gasteiger partial charge >= 0.3 is 0 Å². The van der Waals surface area contributed by atoms with Gasteiger partial charge in [-0.1, -0.05) is 0 Å². The highest BCUT2D eigenvalue weighted by molar-refractivity contribution is 7.12. The van der Waals surface area contributed by atoms with Crippen LogP contribution in [0.4, 0.5) is 5.69 Å². The first-order valence-electron chi connectivity index (χ1n) is 3.89. The van der Waals surface area contributed by atoms with Gasteiger partial charge in [-0.3, -0.25) is 4.79 Å². The molecule has 1 aromatic rings. The number of rotatable bonds is 3. The third kappa shape index (κ3) is 2.39. The van der Waals surface area contributed by atoms with E-state index in [0.717, 1.165) is 17.5 Å². The molecule has 4 heteroatoms. The van der Waals surface area contributed by atoms with Gasteiger partial charge in [0.2, 0.25) is 0 Å². The van der Waals surface area contributed by atoms with Crippen LogP contribution in [0.1, 0.15) is 15.2 Å². The molecule has 0 fully saturated rings. The lowest BCUT2D eigenvalue weighted by atomic mass is 10.3. The minimum absolute atomic E-state index is 0.690. The Morgan fingerprint density at radius 3 is 2.77 bits per heavy atom. The molecular weight excluding hydrogens is 184 g/mol. The van der Waals surface area contributed by atoms with E-state index in [0.29, 0.717) is 4.88 Å². The van der Waals surface area contributed by atoms with Gasteiger partial charge in [0.05, 0.1) is 16.9 Å². The number of hydrogen-bond donors (Lipinski definition) is 0. The summed E-state index contributed by atoms with van der Waals surface area (Å²) in [6, 6.07) is 0. The largest absolute Gasteiger partial charge is 0.369 e. The molecule has 0 saturated heterocycles. The fraction of sp³-hybridized carbons (Fsp3) is 0.333. The van der Waals surface area contributed by atoms with Crippen LogP contribution in [-0.2, 0) is 0 Å². The van der Waals surface area contributed by atoms with Crippen LogP contribution in [0.3, 0.4) is 0 Å². The Bertz CT molecular complexity index is 328. The molecule has 0 aliphatic rings. The van der Waals surface area contributed by atoms with Gasteiger partial charge in [-0.05, 0) is 17.9 Å². The Labute approximate surface area is 81.7 Å². The molecule has 0 atom stereocenters. The fourth-order valence-corrected chi connectivity index (χ4v) is 1.68. The molecule has 0 aromatic carbocycles. The average Bonchev–Trinajstić information content (AvgIpc) is 2.43. The van der Waals surface area contributed by atoms with Crippen molar-refractivity contribution in [2.24, 2.45) is 4.99 Å². The zero-order valence-corrected chi connectivity index (χ0v) is 8.76. The first-order chi connectivity index (χ1) is 6.15. The lowest BCUT2D eigenvalue weighted by molar-refractivity contribution is 0.112. The Morgan fingerprint density at radius 2 is 2.23 bits per heavy atom. The van der Waals surface area contributed by atoms with Crippen LogP contribution in [0, 0.1) is 6.92 Å². The minimum Gasteiger partial charge on any atom is -0.369 e. The second kappa shape index (κ2) is 4.18. The van der Waals surface area contributed by atoms with E-state index in [9.17, 15) is 4.79 Å². The third-order valence-corrected chi connectivity index (χ3v) is 2.51. The highest BCUT2D eigenvalue weighted by atomic mass is 32.1. The van der Waals surface area contributed by atoms with Gasteiger partial charge < -0.3 is 4.90 Å². The molecule has 13 heavy (non-hydrogen) atoms. The Morgan fingerprint density at radius 1 is 1.54 bits per heavy atom. The maximum absolute atomic E-state index is 10.6. The van der Waals surface area contributed by atoms with Crippen molar-refractivity contribution in [3.63, 3.8) is 0 Å². The number of hydrogen-bond acceptors (Lipinski definition) is 3. The standard InChI is InChI=1S/C9H12N2OS/c1-7-5-13-8(4-12)9(7)10-6-11(2)3/h4-6H,1-3H3. The molecule has 0 aliphatic heterocycles. The van der Waals surface area contributed by atoms with Crippen molar-refractivity contribution >= 4 is 29.6 Å². The van der Waals surface area contributed by atoms with Gasteiger partial charge in [-0.25, -0.2) is 4.99 Å². The van der Waals surface area contributed by atoms with E-state index in [1.165, 1.54) is 11.3 Å². The molecule has 1 aromatic heterocycles. The van der Waals surface area contributed by atoms with Crippen molar-refractivity contribution in [2.45, 2.75) is 6.92 Å². The average molecular weight is 196 g/mol. The molecule has 0 aliphatic carbocycles. The first-order valence-corrected chi connectivity index (χ1v) is 4.77. The van der Waals surface area contributed by atoms with Gasteiger partial charge in [0, 0.05) is 14.1 Å². The van der Waals surface area contributed by atoms with E-state index in [1.54, 1.807) is 6.34 Å². The molecule has 0 radical (unpaired) electrons. The summed E-state index contributed by atoms with van der Waals surface area (Å²) in [5.74, 6) is 0. The molecule has 0 unspecified atom stereocenters. The number of aldehydes is 1. The molecule has 1 heterocycles. The van der Waals surface area contributed by atoms with E-state index in [4.69, 9.17) is 0 Å². The number of carbonyl (C=O) groups excluding carboxylic acids is 1. The summed E-state index contributed by atoms with van der Waals surface area (Å²) in [6.07, 6.45) is 2.54. The summed E-state index contributed by atoms with van der Waals surface area (Å²) in [7, 11) is 3.79. The van der Waals surface area contributed by atoms with Gasteiger partial charge in [-0.15, -0.1) is 11.3 Å². The smallest absolute Gasteiger partial charge is 0.162 e. The number of thiophene rings is 1. The topological polar surface area (TPSA) is 32.7 Å². The SMILES string of the molecule is Cc1csc(C=O)c1N=CN(C)C. The lowest BCUT2D eigenvalue weighted by Crippen LogP contribution is -2.07. The highest BCUT2D eigenvalue weighted by Crippen LogP contribution is 2.28. The molecule has 0 N–H and O–H groups in total. The molecule has 0 spiro atoms. The molecule has 70 valence electrons. The molecule has 0 amide bonds. The van der Waals surface area contributed by atoms with Crippen LogP contribution in [-0.4, -0.2) is 31.6 Å². The summed E-state index contributed by atoms with van der Waals surface area (Å²) in [5, 5.41) is 1.94. The first kappa shape index (κ1) is 9.92. The van der Waals surface area contributed by atoms with Gasteiger partial charge in [-0.2, -0.15) is 0 Å². The second-order valence-electron chi connectivity index (χ2n) is 2.96. The van der Waals surface area contributed by atoms with Crippen LogP contribution in [0.5, 0.6) is 0 Å². The van der Waals surface area contributed by atoms with E-state index >= 15 is 0 Å². The summed E-state index contributed by atoms with van der Waals surface area (Å²) >= 11 is 1.43. The number of aliphatic imine (C=N–C) groups is 1. The van der Waals surface area contributed by atoms with Crippen LogP contribution in [0.15, 0.2) is 10.4 Å². The highest BCUT2D eigenvalue weighted by Gasteiger charge is 2.05. The maximum atomic E-state index is 10.6. The quantitative estimate of drug-likeness (QED) is 0.421. The predicted molar refractivity (Wildman–Crippen MR) is 56.3 cm³/mol. The van der Waals surface area contributed by atoms with Crippen molar-refractivity contribution in [3.8, 4) is 0 Å². The summed E-state index contributed by atoms with van der Waals surface area (Å²) in [5.41, 5.74) is 1.83. The Kier molecular flexibility index (Phi) is 3.19. The van der Waals surface area contributed by atoms with E-state index < -0.39 is 0 Å². The monoisotopic (exact) mass is 196 g/mol. The Hall–Kier alpha value is -1.16. The van der Waals surface area contributed by atoms with Gasteiger partial charge in [0.15, 0.2) is 6.29 Å².